The number of hydrogen-bond donors (Lipinski definition) is 2. The van der Waals surface area contributed by atoms with E-state index >= 15 is 0 Å². The first kappa shape index (κ1) is 36.2. The minimum atomic E-state index is -1.70. The van der Waals surface area contributed by atoms with Crippen molar-refractivity contribution in [3.63, 3.8) is 0 Å². The molecule has 2 aliphatic heterocycles. The van der Waals surface area contributed by atoms with Crippen LogP contribution in [0.15, 0.2) is 78.0 Å². The topological polar surface area (TPSA) is 150 Å². The van der Waals surface area contributed by atoms with Gasteiger partial charge in [-0.2, -0.15) is 0 Å². The van der Waals surface area contributed by atoms with E-state index in [0.29, 0.717) is 40.6 Å². The summed E-state index contributed by atoms with van der Waals surface area (Å²) < 4.78 is 41.1. The molecule has 50 heavy (non-hydrogen) atoms. The number of aliphatic carboxylic acids is 1. The van der Waals surface area contributed by atoms with Gasteiger partial charge in [-0.25, -0.2) is 4.79 Å². The minimum absolute atomic E-state index is 0.140. The monoisotopic (exact) mass is 706 g/mol. The van der Waals surface area contributed by atoms with Crippen molar-refractivity contribution in [2.75, 3.05) is 40.3 Å². The summed E-state index contributed by atoms with van der Waals surface area (Å²) in [5.74, 6) is 0.651. The normalized spacial score (nSPS) is 19.4. The number of carboxylic acid groups (broad SMARTS) is 1. The van der Waals surface area contributed by atoms with Gasteiger partial charge >= 0.3 is 5.97 Å². The molecule has 5 atom stereocenters. The maximum atomic E-state index is 13.3. The fourth-order valence-electron chi connectivity index (χ4n) is 6.12. The Bertz CT molecular complexity index is 1780. The number of amides is 2. The zero-order valence-electron chi connectivity index (χ0n) is 28.7. The van der Waals surface area contributed by atoms with Gasteiger partial charge in [0.05, 0.1) is 37.9 Å². The summed E-state index contributed by atoms with van der Waals surface area (Å²) >= 11 is 0. The lowest BCUT2D eigenvalue weighted by atomic mass is 9.85. The average Bonchev–Trinajstić information content (AvgIpc) is 3.12. The third kappa shape index (κ3) is 8.05. The average molecular weight is 707 g/mol. The van der Waals surface area contributed by atoms with Crippen molar-refractivity contribution in [3.05, 3.63) is 89.1 Å². The Morgan fingerprint density at radius 3 is 2.02 bits per heavy atom. The van der Waals surface area contributed by atoms with E-state index in [1.807, 2.05) is 30.3 Å². The number of hydrogen-bond acceptors (Lipinski definition) is 9. The van der Waals surface area contributed by atoms with Gasteiger partial charge in [0.1, 0.15) is 29.5 Å². The van der Waals surface area contributed by atoms with Gasteiger partial charge in [-0.15, -0.1) is 0 Å². The quantitative estimate of drug-likeness (QED) is 0.210. The van der Waals surface area contributed by atoms with Crippen LogP contribution < -0.4 is 29.0 Å². The fraction of sp³-hybridized carbons (Fsp3) is 0.378. The van der Waals surface area contributed by atoms with E-state index in [4.69, 9.17) is 23.7 Å². The maximum absolute atomic E-state index is 13.3. The summed E-state index contributed by atoms with van der Waals surface area (Å²) in [4.78, 5) is 38.9. The second-order valence-corrected chi connectivity index (χ2v) is 13.9. The Labute approximate surface area is 293 Å². The largest absolute Gasteiger partial charge is 0.493 e. The number of nitrogens with one attached hydrogen (secondary N) is 1. The third-order valence-electron chi connectivity index (χ3n) is 9.00. The SMILES string of the molecule is COc1ccc(C[C@H](C)[C@H](C)Cc2ccc(OCC3=C(C(=O)O)N4C(=O)[C@@H](NC(=O)COc5ccccc5)[C@H]4S(=O)C3)c(OC)c2)cc1OC. The van der Waals surface area contributed by atoms with Gasteiger partial charge in [-0.3, -0.25) is 18.7 Å². The molecule has 1 unspecified atom stereocenters. The smallest absolute Gasteiger partial charge is 0.352 e. The van der Waals surface area contributed by atoms with Crippen LogP contribution in [0.5, 0.6) is 28.7 Å². The van der Waals surface area contributed by atoms with Crippen LogP contribution in [-0.4, -0.2) is 83.7 Å². The second-order valence-electron chi connectivity index (χ2n) is 12.4. The highest BCUT2D eigenvalue weighted by molar-refractivity contribution is 7.86. The van der Waals surface area contributed by atoms with E-state index in [1.165, 1.54) is 7.11 Å². The number of benzene rings is 3. The number of rotatable bonds is 16. The highest BCUT2D eigenvalue weighted by Gasteiger charge is 2.57. The third-order valence-corrected chi connectivity index (χ3v) is 10.7. The Morgan fingerprint density at radius 2 is 1.44 bits per heavy atom. The molecule has 0 spiro atoms. The van der Waals surface area contributed by atoms with E-state index in [-0.39, 0.29) is 30.2 Å². The molecular weight excluding hydrogens is 664 g/mol. The molecule has 3 aromatic rings. The van der Waals surface area contributed by atoms with Crippen molar-refractivity contribution in [2.24, 2.45) is 11.8 Å². The predicted molar refractivity (Wildman–Crippen MR) is 186 cm³/mol. The summed E-state index contributed by atoms with van der Waals surface area (Å²) in [6.07, 6.45) is 1.64. The van der Waals surface area contributed by atoms with Gasteiger partial charge in [0.2, 0.25) is 0 Å². The Kier molecular flexibility index (Phi) is 11.7. The molecule has 0 aliphatic carbocycles. The molecule has 13 heteroatoms. The number of nitrogens with zero attached hydrogens (tertiary/aromatic N) is 1. The van der Waals surface area contributed by atoms with Crippen LogP contribution in [0.1, 0.15) is 25.0 Å². The first-order valence-corrected chi connectivity index (χ1v) is 17.6. The fourth-order valence-corrected chi connectivity index (χ4v) is 7.79. The predicted octanol–water partition coefficient (Wildman–Crippen LogP) is 3.98. The number of carboxylic acids is 1. The van der Waals surface area contributed by atoms with Gasteiger partial charge in [0.25, 0.3) is 11.8 Å². The number of carbonyl (C=O) groups is 3. The lowest BCUT2D eigenvalue weighted by Gasteiger charge is -2.48. The summed E-state index contributed by atoms with van der Waals surface area (Å²) in [7, 11) is 3.06. The van der Waals surface area contributed by atoms with Crippen LogP contribution in [0.2, 0.25) is 0 Å². The number of β-lactam (4-membered cyclic amide) rings is 1. The minimum Gasteiger partial charge on any atom is -0.493 e. The van der Waals surface area contributed by atoms with E-state index in [1.54, 1.807) is 50.6 Å². The van der Waals surface area contributed by atoms with Crippen LogP contribution in [0, 0.1) is 11.8 Å². The van der Waals surface area contributed by atoms with Gasteiger partial charge in [-0.05, 0) is 72.2 Å². The highest BCUT2D eigenvalue weighted by atomic mass is 32.2. The van der Waals surface area contributed by atoms with Crippen molar-refractivity contribution in [2.45, 2.75) is 38.1 Å². The molecule has 0 saturated carbocycles. The summed E-state index contributed by atoms with van der Waals surface area (Å²) in [6, 6.07) is 19.1. The summed E-state index contributed by atoms with van der Waals surface area (Å²) in [6.45, 7) is 3.83. The van der Waals surface area contributed by atoms with Crippen LogP contribution in [0.25, 0.3) is 0 Å². The van der Waals surface area contributed by atoms with Crippen molar-refractivity contribution in [1.82, 2.24) is 10.2 Å². The molecule has 3 aromatic carbocycles. The molecule has 2 heterocycles. The van der Waals surface area contributed by atoms with Crippen molar-refractivity contribution >= 4 is 28.6 Å². The van der Waals surface area contributed by atoms with E-state index < -0.39 is 40.0 Å². The number of ether oxygens (including phenoxy) is 5. The standard InChI is InChI=1S/C37H42N2O10S/c1-22(15-24-11-13-28(45-3)30(17-24)46-4)23(2)16-25-12-14-29(31(18-25)47-5)49-19-26-21-50(44)36-33(35(41)39(36)34(26)37(42)43)38-32(40)20-48-27-9-7-6-8-10-27/h6-14,17-18,22-23,33,36H,15-16,19-21H2,1-5H3,(H,38,40)(H,42,43)/t22-,23+,33+,36+,50?/m0/s1. The molecule has 2 aliphatic rings. The molecule has 5 rings (SSSR count). The molecule has 0 aromatic heterocycles. The molecule has 0 radical (unpaired) electrons. The van der Waals surface area contributed by atoms with Crippen LogP contribution in [-0.2, 0) is 38.0 Å². The molecule has 0 bridgehead atoms. The zero-order valence-corrected chi connectivity index (χ0v) is 29.5. The van der Waals surface area contributed by atoms with Crippen molar-refractivity contribution in [3.8, 4) is 28.7 Å². The Hall–Kier alpha value is -5.04. The lowest BCUT2D eigenvalue weighted by Crippen LogP contribution is -2.74. The van der Waals surface area contributed by atoms with Crippen LogP contribution in [0.3, 0.4) is 0 Å². The molecule has 2 amide bonds. The Balaban J connectivity index is 1.21. The first-order valence-electron chi connectivity index (χ1n) is 16.2. The van der Waals surface area contributed by atoms with Crippen LogP contribution >= 0.6 is 0 Å². The molecule has 12 nitrogen and oxygen atoms in total. The molecule has 2 N–H and O–H groups in total. The zero-order chi connectivity index (χ0) is 35.9. The molecular formula is C37H42N2O10S. The number of methoxy groups -OCH3 is 3. The number of fused-ring (bicyclic) bond motifs is 1. The van der Waals surface area contributed by atoms with Gasteiger partial charge in [0, 0.05) is 5.57 Å². The molecule has 266 valence electrons. The van der Waals surface area contributed by atoms with Crippen molar-refractivity contribution < 1.29 is 47.4 Å². The van der Waals surface area contributed by atoms with E-state index in [0.717, 1.165) is 28.9 Å². The lowest BCUT2D eigenvalue weighted by molar-refractivity contribution is -0.151. The summed E-state index contributed by atoms with van der Waals surface area (Å²) in [5.41, 5.74) is 2.10. The van der Waals surface area contributed by atoms with E-state index in [2.05, 4.69) is 19.2 Å². The van der Waals surface area contributed by atoms with Gasteiger partial charge < -0.3 is 34.1 Å². The molecule has 1 saturated heterocycles. The highest BCUT2D eigenvalue weighted by Crippen LogP contribution is 2.37. The van der Waals surface area contributed by atoms with Crippen LogP contribution in [0.4, 0.5) is 0 Å². The number of carbonyl (C=O) groups excluding carboxylic acids is 2. The Morgan fingerprint density at radius 1 is 0.860 bits per heavy atom. The second kappa shape index (κ2) is 16.1. The molecule has 1 fully saturated rings. The van der Waals surface area contributed by atoms with Crippen molar-refractivity contribution in [1.29, 1.82) is 0 Å². The summed E-state index contributed by atoms with van der Waals surface area (Å²) in [5, 5.41) is 11.6. The first-order chi connectivity index (χ1) is 24.0. The maximum Gasteiger partial charge on any atom is 0.352 e. The number of para-hydroxylation sites is 1. The van der Waals surface area contributed by atoms with Gasteiger partial charge in [0.15, 0.2) is 29.6 Å². The van der Waals surface area contributed by atoms with Gasteiger partial charge in [-0.1, -0.05) is 44.2 Å². The van der Waals surface area contributed by atoms with E-state index in [9.17, 15) is 23.7 Å².